The average Bonchev–Trinajstić information content (AvgIpc) is 4.10. The molecule has 0 amide bonds. The Labute approximate surface area is 396 Å². The van der Waals surface area contributed by atoms with E-state index in [1.807, 2.05) is 54.6 Å². The van der Waals surface area contributed by atoms with E-state index in [4.69, 9.17) is 23.8 Å². The molecule has 0 unspecified atom stereocenters. The number of para-hydroxylation sites is 3. The van der Waals surface area contributed by atoms with Gasteiger partial charge >= 0.3 is 0 Å². The summed E-state index contributed by atoms with van der Waals surface area (Å²) in [4.78, 5) is 15.3. The largest absolute Gasteiger partial charge is 0.455 e. The second kappa shape index (κ2) is 15.6. The van der Waals surface area contributed by atoms with E-state index >= 15 is 0 Å². The summed E-state index contributed by atoms with van der Waals surface area (Å²) in [5.41, 5.74) is 15.6. The van der Waals surface area contributed by atoms with Gasteiger partial charge in [0.25, 0.3) is 0 Å². The number of furan rings is 2. The molecule has 6 heteroatoms. The number of nitrogens with zero attached hydrogens (tertiary/aromatic N) is 4. The van der Waals surface area contributed by atoms with Gasteiger partial charge in [-0.05, 0) is 82.4 Å². The average molecular weight is 883 g/mol. The molecule has 0 N–H and O–H groups in total. The minimum Gasteiger partial charge on any atom is -0.455 e. The van der Waals surface area contributed by atoms with Gasteiger partial charge in [-0.3, -0.25) is 0 Å². The third-order valence-electron chi connectivity index (χ3n) is 13.5. The molecule has 6 nitrogen and oxygen atoms in total. The maximum absolute atomic E-state index is 6.90. The number of fused-ring (bicyclic) bond motifs is 9. The molecule has 0 aliphatic rings. The monoisotopic (exact) mass is 882 g/mol. The van der Waals surface area contributed by atoms with Gasteiger partial charge in [0.1, 0.15) is 22.3 Å². The van der Waals surface area contributed by atoms with Gasteiger partial charge < -0.3 is 13.4 Å². The lowest BCUT2D eigenvalue weighted by molar-refractivity contribution is 0.668. The minimum absolute atomic E-state index is 0.534. The van der Waals surface area contributed by atoms with Crippen molar-refractivity contribution in [2.45, 2.75) is 0 Å². The number of hydrogen-bond donors (Lipinski definition) is 0. The van der Waals surface area contributed by atoms with Gasteiger partial charge in [-0.15, -0.1) is 0 Å². The molecule has 10 aromatic carbocycles. The van der Waals surface area contributed by atoms with Gasteiger partial charge in [0, 0.05) is 49.0 Å². The lowest BCUT2D eigenvalue weighted by Gasteiger charge is -2.15. The van der Waals surface area contributed by atoms with Crippen molar-refractivity contribution in [3.63, 3.8) is 0 Å². The van der Waals surface area contributed by atoms with Crippen LogP contribution in [-0.4, -0.2) is 19.5 Å². The van der Waals surface area contributed by atoms with Crippen LogP contribution in [0.3, 0.4) is 0 Å². The second-order valence-electron chi connectivity index (χ2n) is 17.5. The van der Waals surface area contributed by atoms with Crippen LogP contribution in [0.4, 0.5) is 0 Å². The maximum Gasteiger partial charge on any atom is 0.167 e. The van der Waals surface area contributed by atoms with Crippen LogP contribution in [0.1, 0.15) is 0 Å². The fourth-order valence-electron chi connectivity index (χ4n) is 10.2. The van der Waals surface area contributed by atoms with E-state index < -0.39 is 0 Å². The quantitative estimate of drug-likeness (QED) is 0.159. The normalized spacial score (nSPS) is 11.8. The number of hydrogen-bond acceptors (Lipinski definition) is 5. The molecule has 0 radical (unpaired) electrons. The zero-order valence-corrected chi connectivity index (χ0v) is 37.0. The van der Waals surface area contributed by atoms with E-state index in [0.717, 1.165) is 94.0 Å². The molecule has 0 atom stereocenters. The smallest absolute Gasteiger partial charge is 0.167 e. The van der Waals surface area contributed by atoms with Crippen molar-refractivity contribution in [3.05, 3.63) is 231 Å². The van der Waals surface area contributed by atoms with Crippen LogP contribution in [0.2, 0.25) is 0 Å². The summed E-state index contributed by atoms with van der Waals surface area (Å²) >= 11 is 0. The third-order valence-corrected chi connectivity index (χ3v) is 13.5. The Morgan fingerprint density at radius 3 is 1.57 bits per heavy atom. The van der Waals surface area contributed by atoms with E-state index in [2.05, 4.69) is 180 Å². The molecule has 69 heavy (non-hydrogen) atoms. The molecular weight excluding hydrogens is 845 g/mol. The molecule has 0 bridgehead atoms. The van der Waals surface area contributed by atoms with Gasteiger partial charge in [0.15, 0.2) is 17.5 Å². The highest BCUT2D eigenvalue weighted by Crippen LogP contribution is 2.45. The summed E-state index contributed by atoms with van der Waals surface area (Å²) in [6.45, 7) is 0. The van der Waals surface area contributed by atoms with Crippen LogP contribution in [0.15, 0.2) is 239 Å². The lowest BCUT2D eigenvalue weighted by Crippen LogP contribution is -2.00. The first-order chi connectivity index (χ1) is 34.2. The van der Waals surface area contributed by atoms with Crippen LogP contribution < -0.4 is 0 Å². The first-order valence-electron chi connectivity index (χ1n) is 23.2. The summed E-state index contributed by atoms with van der Waals surface area (Å²) in [6.07, 6.45) is 0. The van der Waals surface area contributed by atoms with Crippen molar-refractivity contribution < 1.29 is 8.83 Å². The van der Waals surface area contributed by atoms with Crippen LogP contribution >= 0.6 is 0 Å². The fraction of sp³-hybridized carbons (Fsp3) is 0. The molecule has 0 spiro atoms. The van der Waals surface area contributed by atoms with Crippen molar-refractivity contribution in [2.75, 3.05) is 0 Å². The Morgan fingerprint density at radius 1 is 0.290 bits per heavy atom. The molecule has 0 saturated heterocycles. The van der Waals surface area contributed by atoms with Crippen LogP contribution in [0.25, 0.3) is 139 Å². The highest BCUT2D eigenvalue weighted by atomic mass is 16.3. The number of benzene rings is 10. The SMILES string of the molecule is c1ccc(-c2ccc(-c3nc(-c4ccccc4)nc(-c4cccc5c4oc4ccc(-c6c(-n7c8ccccc8c8cc(-c9ccccc9)ccc87)ccc7c6oc6ccccc67)cc45)n3)cc2)cc1. The summed E-state index contributed by atoms with van der Waals surface area (Å²) < 4.78 is 16.2. The Balaban J connectivity index is 0.961. The highest BCUT2D eigenvalue weighted by molar-refractivity contribution is 6.16. The number of aromatic nitrogens is 4. The van der Waals surface area contributed by atoms with Gasteiger partial charge in [-0.1, -0.05) is 176 Å². The molecule has 322 valence electrons. The maximum atomic E-state index is 6.90. The van der Waals surface area contributed by atoms with E-state index in [1.54, 1.807) is 0 Å². The molecule has 4 aromatic heterocycles. The van der Waals surface area contributed by atoms with Gasteiger partial charge in [-0.2, -0.15) is 0 Å². The Kier molecular flexibility index (Phi) is 8.79. The van der Waals surface area contributed by atoms with Crippen molar-refractivity contribution in [1.82, 2.24) is 19.5 Å². The van der Waals surface area contributed by atoms with Gasteiger partial charge in [-0.25, -0.2) is 15.0 Å². The predicted octanol–water partition coefficient (Wildman–Crippen LogP) is 16.8. The molecule has 4 heterocycles. The van der Waals surface area contributed by atoms with Crippen LogP contribution in [0.5, 0.6) is 0 Å². The fourth-order valence-corrected chi connectivity index (χ4v) is 10.2. The predicted molar refractivity (Wildman–Crippen MR) is 281 cm³/mol. The molecule has 0 aliphatic heterocycles. The minimum atomic E-state index is 0.534. The standard InChI is InChI=1S/C63H38N4O2/c1-4-15-39(16-5-1)41-27-29-43(30-28-41)62-64-61(42-19-8-3-9-20-42)65-63(66-62)50-24-14-23-48-52-38-45(32-36-57(52)68-59(48)50)58-55(35-33-49-47-22-11-13-26-56(47)69-60(49)58)67-53-25-12-10-21-46(53)51-37-44(31-34-54(51)67)40-17-6-2-7-18-40/h1-38H. The number of rotatable bonds is 7. The zero-order valence-electron chi connectivity index (χ0n) is 37.0. The summed E-state index contributed by atoms with van der Waals surface area (Å²) in [5, 5.41) is 6.45. The Bertz CT molecular complexity index is 4290. The highest BCUT2D eigenvalue weighted by Gasteiger charge is 2.24. The lowest BCUT2D eigenvalue weighted by atomic mass is 9.97. The molecule has 0 aliphatic carbocycles. The molecule has 14 aromatic rings. The first-order valence-corrected chi connectivity index (χ1v) is 23.2. The van der Waals surface area contributed by atoms with Crippen molar-refractivity contribution in [2.24, 2.45) is 0 Å². The molecular formula is C63H38N4O2. The Morgan fingerprint density at radius 2 is 0.797 bits per heavy atom. The summed E-state index contributed by atoms with van der Waals surface area (Å²) in [7, 11) is 0. The molecule has 0 saturated carbocycles. The van der Waals surface area contributed by atoms with E-state index in [0.29, 0.717) is 23.1 Å². The van der Waals surface area contributed by atoms with Gasteiger partial charge in [0.2, 0.25) is 0 Å². The van der Waals surface area contributed by atoms with Crippen LogP contribution in [-0.2, 0) is 0 Å². The topological polar surface area (TPSA) is 69.9 Å². The van der Waals surface area contributed by atoms with Crippen molar-refractivity contribution in [3.8, 4) is 73.2 Å². The summed E-state index contributed by atoms with van der Waals surface area (Å²) in [6, 6.07) is 80.4. The van der Waals surface area contributed by atoms with E-state index in [9.17, 15) is 0 Å². The van der Waals surface area contributed by atoms with Crippen molar-refractivity contribution in [1.29, 1.82) is 0 Å². The van der Waals surface area contributed by atoms with E-state index in [1.165, 1.54) is 21.9 Å². The first kappa shape index (κ1) is 38.8. The molecule has 0 fully saturated rings. The summed E-state index contributed by atoms with van der Waals surface area (Å²) in [5.74, 6) is 1.71. The van der Waals surface area contributed by atoms with E-state index in [-0.39, 0.29) is 0 Å². The van der Waals surface area contributed by atoms with Gasteiger partial charge in [0.05, 0.1) is 22.3 Å². The second-order valence-corrected chi connectivity index (χ2v) is 17.5. The zero-order chi connectivity index (χ0) is 45.4. The third kappa shape index (κ3) is 6.38. The molecule has 14 rings (SSSR count). The van der Waals surface area contributed by atoms with Crippen molar-refractivity contribution >= 4 is 65.7 Å². The Hall–Kier alpha value is -9.39. The van der Waals surface area contributed by atoms with Crippen LogP contribution in [0, 0.1) is 0 Å².